The zero-order valence-corrected chi connectivity index (χ0v) is 14.4. The van der Waals surface area contributed by atoms with Gasteiger partial charge in [0.1, 0.15) is 0 Å². The first kappa shape index (κ1) is 17.5. The van der Waals surface area contributed by atoms with E-state index < -0.39 is 0 Å². The maximum absolute atomic E-state index is 12.4. The molecule has 0 aliphatic carbocycles. The second kappa shape index (κ2) is 8.16. The second-order valence-electron chi connectivity index (χ2n) is 5.94. The lowest BCUT2D eigenvalue weighted by molar-refractivity contribution is 0.0954. The van der Waals surface area contributed by atoms with Crippen molar-refractivity contribution in [3.8, 4) is 0 Å². The summed E-state index contributed by atoms with van der Waals surface area (Å²) in [6.45, 7) is 4.47. The lowest BCUT2D eigenvalue weighted by Gasteiger charge is -2.07. The van der Waals surface area contributed by atoms with Crippen LogP contribution in [0.5, 0.6) is 0 Å². The number of para-hydroxylation sites is 1. The molecule has 0 fully saturated rings. The van der Waals surface area contributed by atoms with Crippen molar-refractivity contribution in [3.63, 3.8) is 0 Å². The van der Waals surface area contributed by atoms with E-state index in [4.69, 9.17) is 0 Å². The van der Waals surface area contributed by atoms with Crippen LogP contribution in [0.2, 0.25) is 0 Å². The Balaban J connectivity index is 1.60. The molecule has 3 N–H and O–H groups in total. The van der Waals surface area contributed by atoms with Gasteiger partial charge in [-0.05, 0) is 36.2 Å². The van der Waals surface area contributed by atoms with Crippen molar-refractivity contribution in [1.29, 1.82) is 0 Å². The minimum atomic E-state index is -0.224. The fraction of sp³-hybridized carbons (Fsp3) is 0.143. The standard InChI is InChI=1S/C21H21N3O2/c1-2-11-22-20(25)15-6-5-7-16(13-15)21(26)23-12-10-17-14-24-19-9-4-3-8-18(17)19/h2-9,13-14,24H,1,10-12H2,(H,22,25)(H,23,26). The summed E-state index contributed by atoms with van der Waals surface area (Å²) in [6.07, 6.45) is 4.32. The van der Waals surface area contributed by atoms with E-state index in [2.05, 4.69) is 28.3 Å². The Morgan fingerprint density at radius 2 is 1.73 bits per heavy atom. The predicted molar refractivity (Wildman–Crippen MR) is 103 cm³/mol. The average molecular weight is 347 g/mol. The van der Waals surface area contributed by atoms with Gasteiger partial charge in [0.2, 0.25) is 0 Å². The second-order valence-corrected chi connectivity index (χ2v) is 5.94. The first-order chi connectivity index (χ1) is 12.7. The minimum absolute atomic E-state index is 0.191. The SMILES string of the molecule is C=CCNC(=O)c1cccc(C(=O)NCCc2c[nH]c3ccccc23)c1. The molecule has 3 rings (SSSR count). The van der Waals surface area contributed by atoms with Crippen LogP contribution >= 0.6 is 0 Å². The molecule has 2 aromatic carbocycles. The smallest absolute Gasteiger partial charge is 0.251 e. The minimum Gasteiger partial charge on any atom is -0.361 e. The molecule has 1 aromatic heterocycles. The van der Waals surface area contributed by atoms with E-state index in [1.165, 1.54) is 10.9 Å². The molecule has 0 aliphatic heterocycles. The quantitative estimate of drug-likeness (QED) is 0.575. The maximum Gasteiger partial charge on any atom is 0.251 e. The highest BCUT2D eigenvalue weighted by Gasteiger charge is 2.10. The summed E-state index contributed by atoms with van der Waals surface area (Å²) in [5.41, 5.74) is 3.18. The highest BCUT2D eigenvalue weighted by atomic mass is 16.2. The van der Waals surface area contributed by atoms with Crippen LogP contribution in [0.25, 0.3) is 10.9 Å². The topological polar surface area (TPSA) is 74.0 Å². The van der Waals surface area contributed by atoms with E-state index in [0.29, 0.717) is 24.2 Å². The molecule has 0 saturated heterocycles. The number of carbonyl (C=O) groups is 2. The number of aromatic amines is 1. The van der Waals surface area contributed by atoms with Crippen molar-refractivity contribution in [3.05, 3.63) is 84.1 Å². The number of amides is 2. The third kappa shape index (κ3) is 4.00. The van der Waals surface area contributed by atoms with Crippen molar-refractivity contribution < 1.29 is 9.59 Å². The Kier molecular flexibility index (Phi) is 5.49. The summed E-state index contributed by atoms with van der Waals surface area (Å²) in [7, 11) is 0. The van der Waals surface area contributed by atoms with Crippen molar-refractivity contribution in [1.82, 2.24) is 15.6 Å². The van der Waals surface area contributed by atoms with Crippen molar-refractivity contribution in [2.75, 3.05) is 13.1 Å². The summed E-state index contributed by atoms with van der Waals surface area (Å²) in [5.74, 6) is -0.415. The van der Waals surface area contributed by atoms with Crippen LogP contribution in [0.15, 0.2) is 67.4 Å². The summed E-state index contributed by atoms with van der Waals surface area (Å²) >= 11 is 0. The van der Waals surface area contributed by atoms with E-state index in [9.17, 15) is 9.59 Å². The van der Waals surface area contributed by atoms with Gasteiger partial charge in [-0.3, -0.25) is 9.59 Å². The number of fused-ring (bicyclic) bond motifs is 1. The number of aromatic nitrogens is 1. The van der Waals surface area contributed by atoms with E-state index in [1.807, 2.05) is 24.4 Å². The number of hydrogen-bond donors (Lipinski definition) is 3. The Labute approximate surface area is 152 Å². The third-order valence-electron chi connectivity index (χ3n) is 4.15. The number of nitrogens with one attached hydrogen (secondary N) is 3. The highest BCUT2D eigenvalue weighted by molar-refractivity contribution is 5.99. The summed E-state index contributed by atoms with van der Waals surface area (Å²) in [5, 5.41) is 6.78. The van der Waals surface area contributed by atoms with Crippen molar-refractivity contribution >= 4 is 22.7 Å². The molecule has 2 amide bonds. The Morgan fingerprint density at radius 1 is 1.00 bits per heavy atom. The van der Waals surface area contributed by atoms with Gasteiger partial charge in [-0.2, -0.15) is 0 Å². The van der Waals surface area contributed by atoms with Crippen LogP contribution < -0.4 is 10.6 Å². The molecule has 3 aromatic rings. The van der Waals surface area contributed by atoms with Gasteiger partial charge in [0, 0.05) is 41.3 Å². The molecule has 0 radical (unpaired) electrons. The van der Waals surface area contributed by atoms with Gasteiger partial charge in [0.15, 0.2) is 0 Å². The normalized spacial score (nSPS) is 10.5. The number of H-pyrrole nitrogens is 1. The lowest BCUT2D eigenvalue weighted by atomic mass is 10.1. The summed E-state index contributed by atoms with van der Waals surface area (Å²) in [6, 6.07) is 14.8. The molecular weight excluding hydrogens is 326 g/mol. The van der Waals surface area contributed by atoms with Gasteiger partial charge in [-0.15, -0.1) is 6.58 Å². The molecule has 1 heterocycles. The monoisotopic (exact) mass is 347 g/mol. The van der Waals surface area contributed by atoms with E-state index in [1.54, 1.807) is 30.3 Å². The Bertz CT molecular complexity index is 943. The summed E-state index contributed by atoms with van der Waals surface area (Å²) < 4.78 is 0. The largest absolute Gasteiger partial charge is 0.361 e. The predicted octanol–water partition coefficient (Wildman–Crippen LogP) is 3.06. The molecule has 0 spiro atoms. The molecule has 0 atom stereocenters. The first-order valence-corrected chi connectivity index (χ1v) is 8.51. The zero-order chi connectivity index (χ0) is 18.4. The van der Waals surface area contributed by atoms with E-state index in [-0.39, 0.29) is 11.8 Å². The van der Waals surface area contributed by atoms with Gasteiger partial charge < -0.3 is 15.6 Å². The summed E-state index contributed by atoms with van der Waals surface area (Å²) in [4.78, 5) is 27.6. The molecule has 0 bridgehead atoms. The van der Waals surface area contributed by atoms with Gasteiger partial charge in [-0.25, -0.2) is 0 Å². The van der Waals surface area contributed by atoms with E-state index >= 15 is 0 Å². The number of carbonyl (C=O) groups excluding carboxylic acids is 2. The van der Waals surface area contributed by atoms with Crippen LogP contribution in [-0.2, 0) is 6.42 Å². The number of hydrogen-bond acceptors (Lipinski definition) is 2. The molecule has 5 nitrogen and oxygen atoms in total. The van der Waals surface area contributed by atoms with Gasteiger partial charge >= 0.3 is 0 Å². The molecule has 0 unspecified atom stereocenters. The fourth-order valence-electron chi connectivity index (χ4n) is 2.82. The fourth-order valence-corrected chi connectivity index (χ4v) is 2.82. The number of benzene rings is 2. The Hall–Kier alpha value is -3.34. The zero-order valence-electron chi connectivity index (χ0n) is 14.4. The highest BCUT2D eigenvalue weighted by Crippen LogP contribution is 2.17. The molecule has 26 heavy (non-hydrogen) atoms. The molecular formula is C21H21N3O2. The van der Waals surface area contributed by atoms with Crippen LogP contribution in [0.1, 0.15) is 26.3 Å². The van der Waals surface area contributed by atoms with Crippen LogP contribution in [0.4, 0.5) is 0 Å². The Morgan fingerprint density at radius 3 is 2.50 bits per heavy atom. The van der Waals surface area contributed by atoms with Crippen LogP contribution in [-0.4, -0.2) is 29.9 Å². The van der Waals surface area contributed by atoms with E-state index in [0.717, 1.165) is 11.9 Å². The average Bonchev–Trinajstić information content (AvgIpc) is 3.09. The van der Waals surface area contributed by atoms with Crippen molar-refractivity contribution in [2.24, 2.45) is 0 Å². The van der Waals surface area contributed by atoms with Gasteiger partial charge in [0.05, 0.1) is 0 Å². The molecule has 5 heteroatoms. The maximum atomic E-state index is 12.4. The third-order valence-corrected chi connectivity index (χ3v) is 4.15. The lowest BCUT2D eigenvalue weighted by Crippen LogP contribution is -2.27. The van der Waals surface area contributed by atoms with Crippen LogP contribution in [0.3, 0.4) is 0 Å². The van der Waals surface area contributed by atoms with Crippen LogP contribution in [0, 0.1) is 0 Å². The number of rotatable bonds is 7. The first-order valence-electron chi connectivity index (χ1n) is 8.51. The van der Waals surface area contributed by atoms with Crippen molar-refractivity contribution in [2.45, 2.75) is 6.42 Å². The van der Waals surface area contributed by atoms with Gasteiger partial charge in [-0.1, -0.05) is 30.3 Å². The van der Waals surface area contributed by atoms with Gasteiger partial charge in [0.25, 0.3) is 11.8 Å². The molecule has 0 aliphatic rings. The molecule has 132 valence electrons. The molecule has 0 saturated carbocycles.